The second kappa shape index (κ2) is 6.30. The molecule has 0 aliphatic heterocycles. The van der Waals surface area contributed by atoms with Gasteiger partial charge in [-0.1, -0.05) is 0 Å². The average molecular weight is 251 g/mol. The third-order valence-electron chi connectivity index (χ3n) is 2.67. The van der Waals surface area contributed by atoms with E-state index in [0.29, 0.717) is 6.54 Å². The second-order valence-corrected chi connectivity index (χ2v) is 4.11. The fourth-order valence-electron chi connectivity index (χ4n) is 1.73. The highest BCUT2D eigenvalue weighted by atomic mass is 19.1. The third kappa shape index (κ3) is 3.40. The van der Waals surface area contributed by atoms with Gasteiger partial charge in [-0.2, -0.15) is 10.2 Å². The molecule has 2 aromatic heterocycles. The van der Waals surface area contributed by atoms with Crippen LogP contribution in [0, 0.1) is 0 Å². The highest BCUT2D eigenvalue weighted by Crippen LogP contribution is 2.00. The van der Waals surface area contributed by atoms with Gasteiger partial charge >= 0.3 is 0 Å². The van der Waals surface area contributed by atoms with Gasteiger partial charge in [0.1, 0.15) is 6.67 Å². The van der Waals surface area contributed by atoms with Crippen LogP contribution in [0.4, 0.5) is 4.39 Å². The Morgan fingerprint density at radius 3 is 2.28 bits per heavy atom. The molecule has 5 nitrogen and oxygen atoms in total. The maximum atomic E-state index is 12.1. The number of aromatic nitrogens is 4. The maximum absolute atomic E-state index is 12.1. The Bertz CT molecular complexity index is 476. The minimum absolute atomic E-state index is 0.323. The zero-order chi connectivity index (χ0) is 12.8. The lowest BCUT2D eigenvalue weighted by molar-refractivity contribution is 0.427. The van der Waals surface area contributed by atoms with Gasteiger partial charge in [0.15, 0.2) is 0 Å². The summed E-state index contributed by atoms with van der Waals surface area (Å²) in [5.74, 6) is 0. The monoisotopic (exact) mass is 251 g/mol. The van der Waals surface area contributed by atoms with Gasteiger partial charge in [-0.25, -0.2) is 4.39 Å². The molecule has 0 saturated carbocycles. The quantitative estimate of drug-likeness (QED) is 0.808. The second-order valence-electron chi connectivity index (χ2n) is 4.11. The van der Waals surface area contributed by atoms with Crippen LogP contribution in [0.15, 0.2) is 24.8 Å². The Morgan fingerprint density at radius 2 is 1.72 bits per heavy atom. The van der Waals surface area contributed by atoms with Crippen molar-refractivity contribution >= 4 is 0 Å². The van der Waals surface area contributed by atoms with E-state index in [1.807, 2.05) is 23.3 Å². The molecule has 0 spiro atoms. The minimum atomic E-state index is -0.384. The van der Waals surface area contributed by atoms with Crippen molar-refractivity contribution in [3.8, 4) is 0 Å². The number of nitrogens with zero attached hydrogens (tertiary/aromatic N) is 4. The molecule has 18 heavy (non-hydrogen) atoms. The van der Waals surface area contributed by atoms with Crippen molar-refractivity contribution in [2.75, 3.05) is 6.67 Å². The average Bonchev–Trinajstić information content (AvgIpc) is 2.99. The number of aryl methyl sites for hydroxylation is 2. The fourth-order valence-corrected chi connectivity index (χ4v) is 1.73. The van der Waals surface area contributed by atoms with Crippen LogP contribution in [0.3, 0.4) is 0 Å². The van der Waals surface area contributed by atoms with Crippen LogP contribution in [0.5, 0.6) is 0 Å². The van der Waals surface area contributed by atoms with E-state index in [0.717, 1.165) is 30.8 Å². The van der Waals surface area contributed by atoms with Gasteiger partial charge in [0.25, 0.3) is 0 Å². The first-order chi connectivity index (χ1) is 8.81. The van der Waals surface area contributed by atoms with E-state index in [-0.39, 0.29) is 6.67 Å². The molecule has 0 bridgehead atoms. The topological polar surface area (TPSA) is 47.7 Å². The molecule has 1 N–H and O–H groups in total. The lowest BCUT2D eigenvalue weighted by Crippen LogP contribution is -2.11. The van der Waals surface area contributed by atoms with Crippen molar-refractivity contribution in [2.24, 2.45) is 0 Å². The molecule has 98 valence electrons. The summed E-state index contributed by atoms with van der Waals surface area (Å²) in [5.41, 5.74) is 2.22. The van der Waals surface area contributed by atoms with Crippen LogP contribution in [0.1, 0.15) is 18.1 Å². The van der Waals surface area contributed by atoms with E-state index in [4.69, 9.17) is 0 Å². The van der Waals surface area contributed by atoms with Gasteiger partial charge in [0.05, 0.1) is 18.9 Å². The van der Waals surface area contributed by atoms with Crippen LogP contribution < -0.4 is 5.32 Å². The molecule has 6 heteroatoms. The molecule has 2 heterocycles. The number of hydrogen-bond acceptors (Lipinski definition) is 3. The molecular formula is C12H18FN5. The standard InChI is InChI=1S/C12H18FN5/c1-2-17-9-11(7-15-17)5-14-6-12-8-16-18(10-12)4-3-13/h7-10,14H,2-6H2,1H3. The summed E-state index contributed by atoms with van der Waals surface area (Å²) in [6.07, 6.45) is 7.52. The Hall–Kier alpha value is -1.69. The van der Waals surface area contributed by atoms with E-state index in [2.05, 4.69) is 22.4 Å². The first kappa shape index (κ1) is 12.8. The zero-order valence-corrected chi connectivity index (χ0v) is 10.5. The lowest BCUT2D eigenvalue weighted by atomic mass is 10.3. The molecule has 2 aromatic rings. The molecule has 0 radical (unpaired) electrons. The summed E-state index contributed by atoms with van der Waals surface area (Å²) in [5, 5.41) is 11.6. The zero-order valence-electron chi connectivity index (χ0n) is 10.5. The van der Waals surface area contributed by atoms with E-state index >= 15 is 0 Å². The van der Waals surface area contributed by atoms with Gasteiger partial charge < -0.3 is 5.32 Å². The van der Waals surface area contributed by atoms with Crippen LogP contribution in [-0.4, -0.2) is 26.2 Å². The summed E-state index contributed by atoms with van der Waals surface area (Å²) in [6.45, 7) is 4.38. The first-order valence-corrected chi connectivity index (χ1v) is 6.11. The molecule has 0 fully saturated rings. The van der Waals surface area contributed by atoms with Gasteiger partial charge in [-0.15, -0.1) is 0 Å². The number of rotatable bonds is 7. The summed E-state index contributed by atoms with van der Waals surface area (Å²) in [6, 6.07) is 0. The Labute approximate surface area is 106 Å². The predicted octanol–water partition coefficient (Wildman–Crippen LogP) is 1.36. The van der Waals surface area contributed by atoms with E-state index < -0.39 is 0 Å². The van der Waals surface area contributed by atoms with Crippen molar-refractivity contribution in [1.82, 2.24) is 24.9 Å². The first-order valence-electron chi connectivity index (χ1n) is 6.11. The Kier molecular flexibility index (Phi) is 4.46. The highest BCUT2D eigenvalue weighted by molar-refractivity contribution is 5.06. The molecule has 2 rings (SSSR count). The summed E-state index contributed by atoms with van der Waals surface area (Å²) in [4.78, 5) is 0. The number of hydrogen-bond donors (Lipinski definition) is 1. The van der Waals surface area contributed by atoms with Crippen molar-refractivity contribution in [3.63, 3.8) is 0 Å². The lowest BCUT2D eigenvalue weighted by Gasteiger charge is -2.00. The predicted molar refractivity (Wildman–Crippen MR) is 66.6 cm³/mol. The number of halogens is 1. The number of alkyl halides is 1. The maximum Gasteiger partial charge on any atom is 0.109 e. The van der Waals surface area contributed by atoms with E-state index in [1.165, 1.54) is 0 Å². The molecule has 0 amide bonds. The van der Waals surface area contributed by atoms with Crippen LogP contribution >= 0.6 is 0 Å². The molecule has 0 unspecified atom stereocenters. The third-order valence-corrected chi connectivity index (χ3v) is 2.67. The summed E-state index contributed by atoms with van der Waals surface area (Å²) in [7, 11) is 0. The van der Waals surface area contributed by atoms with Gasteiger partial charge in [-0.05, 0) is 6.92 Å². The summed E-state index contributed by atoms with van der Waals surface area (Å²) >= 11 is 0. The molecule has 0 aromatic carbocycles. The summed E-state index contributed by atoms with van der Waals surface area (Å²) < 4.78 is 15.6. The molecule has 0 aliphatic carbocycles. The molecule has 0 atom stereocenters. The van der Waals surface area contributed by atoms with E-state index in [9.17, 15) is 4.39 Å². The van der Waals surface area contributed by atoms with Crippen molar-refractivity contribution in [2.45, 2.75) is 33.1 Å². The normalized spacial score (nSPS) is 11.0. The van der Waals surface area contributed by atoms with E-state index in [1.54, 1.807) is 10.9 Å². The minimum Gasteiger partial charge on any atom is -0.308 e. The molecular weight excluding hydrogens is 233 g/mol. The largest absolute Gasteiger partial charge is 0.308 e. The SMILES string of the molecule is CCn1cc(CNCc2cnn(CCF)c2)cn1. The van der Waals surface area contributed by atoms with Crippen molar-refractivity contribution in [3.05, 3.63) is 35.9 Å². The van der Waals surface area contributed by atoms with Crippen LogP contribution in [0.2, 0.25) is 0 Å². The van der Waals surface area contributed by atoms with Gasteiger partial charge in [0, 0.05) is 43.2 Å². The van der Waals surface area contributed by atoms with Crippen LogP contribution in [-0.2, 0) is 26.2 Å². The molecule has 0 aliphatic rings. The van der Waals surface area contributed by atoms with Crippen LogP contribution in [0.25, 0.3) is 0 Å². The fraction of sp³-hybridized carbons (Fsp3) is 0.500. The van der Waals surface area contributed by atoms with Gasteiger partial charge in [0.2, 0.25) is 0 Å². The van der Waals surface area contributed by atoms with Gasteiger partial charge in [-0.3, -0.25) is 9.36 Å². The number of nitrogens with one attached hydrogen (secondary N) is 1. The van der Waals surface area contributed by atoms with Crippen molar-refractivity contribution < 1.29 is 4.39 Å². The highest BCUT2D eigenvalue weighted by Gasteiger charge is 2.00. The molecule has 0 saturated heterocycles. The van der Waals surface area contributed by atoms with Crippen molar-refractivity contribution in [1.29, 1.82) is 0 Å². The Morgan fingerprint density at radius 1 is 1.11 bits per heavy atom. The smallest absolute Gasteiger partial charge is 0.109 e. The Balaban J connectivity index is 1.77.